The van der Waals surface area contributed by atoms with Gasteiger partial charge in [0.15, 0.2) is 0 Å². The topological polar surface area (TPSA) is 58.4 Å². The highest BCUT2D eigenvalue weighted by molar-refractivity contribution is 5.75. The largest absolute Gasteiger partial charge is 0.352 e. The molecule has 3 N–H and O–H groups in total. The summed E-state index contributed by atoms with van der Waals surface area (Å²) in [6.07, 6.45) is 7.54. The summed E-state index contributed by atoms with van der Waals surface area (Å²) in [4.78, 5) is 14.4. The zero-order valence-corrected chi connectivity index (χ0v) is 15.8. The standard InChI is InChI=1S/C21H35N3O/c1-18-7-6-14-24(16-18)17-20-11-9-19(10-12-20)15-23-21(25)8-4-2-3-5-13-22/h9-12,18H,2-8,13-17,22H2,1H3,(H,23,25). The Kier molecular flexibility index (Phi) is 8.98. The van der Waals surface area contributed by atoms with E-state index in [-0.39, 0.29) is 5.91 Å². The average Bonchev–Trinajstić information content (AvgIpc) is 2.61. The summed E-state index contributed by atoms with van der Waals surface area (Å²) in [6, 6.07) is 8.69. The summed E-state index contributed by atoms with van der Waals surface area (Å²) in [6.45, 7) is 7.19. The molecule has 1 amide bonds. The molecule has 0 saturated carbocycles. The summed E-state index contributed by atoms with van der Waals surface area (Å²) in [5, 5.41) is 3.02. The minimum Gasteiger partial charge on any atom is -0.352 e. The molecule has 2 rings (SSSR count). The normalized spacial score (nSPS) is 18.2. The minimum absolute atomic E-state index is 0.152. The second kappa shape index (κ2) is 11.3. The smallest absolute Gasteiger partial charge is 0.220 e. The second-order valence-corrected chi connectivity index (χ2v) is 7.53. The Balaban J connectivity index is 1.65. The number of nitrogens with two attached hydrogens (primary N) is 1. The molecule has 0 aliphatic carbocycles. The van der Waals surface area contributed by atoms with E-state index in [1.165, 1.54) is 37.1 Å². The lowest BCUT2D eigenvalue weighted by molar-refractivity contribution is -0.121. The molecule has 1 aromatic rings. The van der Waals surface area contributed by atoms with Gasteiger partial charge in [0.05, 0.1) is 0 Å². The number of unbranched alkanes of at least 4 members (excludes halogenated alkanes) is 3. The van der Waals surface area contributed by atoms with Crippen LogP contribution < -0.4 is 11.1 Å². The van der Waals surface area contributed by atoms with Crippen molar-refractivity contribution in [2.24, 2.45) is 11.7 Å². The summed E-state index contributed by atoms with van der Waals surface area (Å²) < 4.78 is 0. The van der Waals surface area contributed by atoms with Crippen LogP contribution >= 0.6 is 0 Å². The van der Waals surface area contributed by atoms with Gasteiger partial charge in [0.25, 0.3) is 0 Å². The van der Waals surface area contributed by atoms with Gasteiger partial charge in [-0.05, 0) is 55.8 Å². The van der Waals surface area contributed by atoms with Gasteiger partial charge < -0.3 is 11.1 Å². The van der Waals surface area contributed by atoms with Crippen LogP contribution in [-0.4, -0.2) is 30.4 Å². The first-order valence-electron chi connectivity index (χ1n) is 9.94. The molecule has 25 heavy (non-hydrogen) atoms. The third-order valence-electron chi connectivity index (χ3n) is 5.02. The number of carbonyl (C=O) groups excluding carboxylic acids is 1. The van der Waals surface area contributed by atoms with Gasteiger partial charge in [-0.1, -0.05) is 44.0 Å². The van der Waals surface area contributed by atoms with E-state index in [0.717, 1.165) is 44.7 Å². The Bertz CT molecular complexity index is 500. The molecular formula is C21H35N3O. The van der Waals surface area contributed by atoms with Crippen molar-refractivity contribution in [1.82, 2.24) is 10.2 Å². The maximum atomic E-state index is 11.9. The number of likely N-dealkylation sites (tertiary alicyclic amines) is 1. The van der Waals surface area contributed by atoms with Crippen molar-refractivity contribution >= 4 is 5.91 Å². The van der Waals surface area contributed by atoms with Crippen LogP contribution in [0.3, 0.4) is 0 Å². The summed E-state index contributed by atoms with van der Waals surface area (Å²) in [5.74, 6) is 0.970. The van der Waals surface area contributed by atoms with Crippen molar-refractivity contribution in [2.45, 2.75) is 65.0 Å². The molecule has 140 valence electrons. The zero-order chi connectivity index (χ0) is 17.9. The lowest BCUT2D eigenvalue weighted by Crippen LogP contribution is -2.33. The Morgan fingerprint density at radius 3 is 2.60 bits per heavy atom. The van der Waals surface area contributed by atoms with Crippen LogP contribution in [0.25, 0.3) is 0 Å². The van der Waals surface area contributed by atoms with E-state index in [9.17, 15) is 4.79 Å². The summed E-state index contributed by atoms with van der Waals surface area (Å²) in [7, 11) is 0. The fourth-order valence-corrected chi connectivity index (χ4v) is 3.52. The van der Waals surface area contributed by atoms with Crippen LogP contribution in [-0.2, 0) is 17.9 Å². The van der Waals surface area contributed by atoms with Gasteiger partial charge in [0.2, 0.25) is 5.91 Å². The van der Waals surface area contributed by atoms with E-state index in [0.29, 0.717) is 13.0 Å². The fraction of sp³-hybridized carbons (Fsp3) is 0.667. The van der Waals surface area contributed by atoms with Gasteiger partial charge in [-0.15, -0.1) is 0 Å². The van der Waals surface area contributed by atoms with E-state index >= 15 is 0 Å². The number of nitrogens with one attached hydrogen (secondary N) is 1. The van der Waals surface area contributed by atoms with Crippen LogP contribution in [0.1, 0.15) is 63.0 Å². The number of hydrogen-bond donors (Lipinski definition) is 2. The van der Waals surface area contributed by atoms with Crippen molar-refractivity contribution in [1.29, 1.82) is 0 Å². The third kappa shape index (κ3) is 8.02. The molecule has 1 saturated heterocycles. The summed E-state index contributed by atoms with van der Waals surface area (Å²) in [5.41, 5.74) is 8.01. The van der Waals surface area contributed by atoms with Gasteiger partial charge in [0, 0.05) is 26.1 Å². The zero-order valence-electron chi connectivity index (χ0n) is 15.8. The predicted molar refractivity (Wildman–Crippen MR) is 104 cm³/mol. The summed E-state index contributed by atoms with van der Waals surface area (Å²) >= 11 is 0. The molecule has 0 spiro atoms. The highest BCUT2D eigenvalue weighted by Crippen LogP contribution is 2.18. The predicted octanol–water partition coefficient (Wildman–Crippen LogP) is 3.44. The van der Waals surface area contributed by atoms with Crippen molar-refractivity contribution in [2.75, 3.05) is 19.6 Å². The Labute approximate surface area is 153 Å². The van der Waals surface area contributed by atoms with Gasteiger partial charge in [0.1, 0.15) is 0 Å². The number of hydrogen-bond acceptors (Lipinski definition) is 3. The average molecular weight is 346 g/mol. The number of piperidine rings is 1. The highest BCUT2D eigenvalue weighted by Gasteiger charge is 2.16. The van der Waals surface area contributed by atoms with Crippen LogP contribution in [0.15, 0.2) is 24.3 Å². The van der Waals surface area contributed by atoms with Crippen molar-refractivity contribution < 1.29 is 4.79 Å². The number of rotatable bonds is 10. The molecule has 4 heteroatoms. The number of carbonyl (C=O) groups is 1. The monoisotopic (exact) mass is 345 g/mol. The van der Waals surface area contributed by atoms with Crippen LogP contribution in [0, 0.1) is 5.92 Å². The molecule has 1 aliphatic heterocycles. The molecule has 1 aromatic carbocycles. The first kappa shape index (κ1) is 19.9. The van der Waals surface area contributed by atoms with Gasteiger partial charge in [-0.25, -0.2) is 0 Å². The van der Waals surface area contributed by atoms with Crippen LogP contribution in [0.5, 0.6) is 0 Å². The van der Waals surface area contributed by atoms with E-state index < -0.39 is 0 Å². The van der Waals surface area contributed by atoms with Crippen molar-refractivity contribution in [3.05, 3.63) is 35.4 Å². The quantitative estimate of drug-likeness (QED) is 0.639. The van der Waals surface area contributed by atoms with Crippen molar-refractivity contribution in [3.8, 4) is 0 Å². The first-order chi connectivity index (χ1) is 12.2. The Morgan fingerprint density at radius 1 is 1.16 bits per heavy atom. The molecule has 1 unspecified atom stereocenters. The molecule has 0 bridgehead atoms. The van der Waals surface area contributed by atoms with Crippen molar-refractivity contribution in [3.63, 3.8) is 0 Å². The van der Waals surface area contributed by atoms with E-state index in [4.69, 9.17) is 5.73 Å². The van der Waals surface area contributed by atoms with Crippen LogP contribution in [0.2, 0.25) is 0 Å². The number of nitrogens with zero attached hydrogens (tertiary/aromatic N) is 1. The van der Waals surface area contributed by atoms with E-state index in [1.807, 2.05) is 0 Å². The minimum atomic E-state index is 0.152. The fourth-order valence-electron chi connectivity index (χ4n) is 3.52. The lowest BCUT2D eigenvalue weighted by atomic mass is 9.99. The highest BCUT2D eigenvalue weighted by atomic mass is 16.1. The molecule has 1 fully saturated rings. The molecule has 4 nitrogen and oxygen atoms in total. The Hall–Kier alpha value is -1.39. The Morgan fingerprint density at radius 2 is 1.88 bits per heavy atom. The third-order valence-corrected chi connectivity index (χ3v) is 5.02. The number of amides is 1. The molecule has 1 heterocycles. The van der Waals surface area contributed by atoms with Gasteiger partial charge in [-0.3, -0.25) is 9.69 Å². The van der Waals surface area contributed by atoms with Crippen LogP contribution in [0.4, 0.5) is 0 Å². The SMILES string of the molecule is CC1CCCN(Cc2ccc(CNC(=O)CCCCCCN)cc2)C1. The lowest BCUT2D eigenvalue weighted by Gasteiger charge is -2.30. The second-order valence-electron chi connectivity index (χ2n) is 7.53. The van der Waals surface area contributed by atoms with Gasteiger partial charge in [-0.2, -0.15) is 0 Å². The maximum absolute atomic E-state index is 11.9. The maximum Gasteiger partial charge on any atom is 0.220 e. The van der Waals surface area contributed by atoms with E-state index in [1.54, 1.807) is 0 Å². The molecule has 0 radical (unpaired) electrons. The molecule has 1 aliphatic rings. The molecule has 0 aromatic heterocycles. The first-order valence-corrected chi connectivity index (χ1v) is 9.94. The van der Waals surface area contributed by atoms with E-state index in [2.05, 4.69) is 41.4 Å². The molecule has 1 atom stereocenters. The van der Waals surface area contributed by atoms with Gasteiger partial charge >= 0.3 is 0 Å². The molecular weight excluding hydrogens is 310 g/mol. The number of benzene rings is 1.